The zero-order valence-electron chi connectivity index (χ0n) is 16.6. The average molecular weight is 358 g/mol. The molecular formula is C24H26N2O. The van der Waals surface area contributed by atoms with Crippen LogP contribution in [-0.2, 0) is 19.3 Å². The Morgan fingerprint density at radius 3 is 2.26 bits per heavy atom. The first kappa shape index (κ1) is 16.7. The van der Waals surface area contributed by atoms with Crippen molar-refractivity contribution in [3.8, 4) is 11.3 Å². The van der Waals surface area contributed by atoms with Crippen molar-refractivity contribution in [2.24, 2.45) is 10.8 Å². The van der Waals surface area contributed by atoms with E-state index in [2.05, 4.69) is 56.9 Å². The summed E-state index contributed by atoms with van der Waals surface area (Å²) in [7, 11) is 0. The third-order valence-corrected chi connectivity index (χ3v) is 6.10. The molecule has 0 saturated carbocycles. The van der Waals surface area contributed by atoms with Gasteiger partial charge in [0.25, 0.3) is 0 Å². The van der Waals surface area contributed by atoms with Crippen molar-refractivity contribution < 1.29 is 4.79 Å². The Labute approximate surface area is 160 Å². The van der Waals surface area contributed by atoms with Gasteiger partial charge >= 0.3 is 0 Å². The van der Waals surface area contributed by atoms with Crippen LogP contribution in [0.1, 0.15) is 61.6 Å². The number of nitrogens with zero attached hydrogens (tertiary/aromatic N) is 1. The quantitative estimate of drug-likeness (QED) is 0.623. The van der Waals surface area contributed by atoms with Gasteiger partial charge in [0, 0.05) is 28.5 Å². The molecule has 0 aliphatic heterocycles. The lowest BCUT2D eigenvalue weighted by atomic mass is 9.72. The number of aromatic amines is 1. The molecule has 5 rings (SSSR count). The highest BCUT2D eigenvalue weighted by Gasteiger charge is 2.38. The maximum atomic E-state index is 13.2. The number of nitrogens with one attached hydrogen (secondary N) is 1. The predicted octanol–water partition coefficient (Wildman–Crippen LogP) is 5.51. The minimum atomic E-state index is -0.0201. The molecule has 0 unspecified atom stereocenters. The summed E-state index contributed by atoms with van der Waals surface area (Å²) >= 11 is 0. The van der Waals surface area contributed by atoms with Crippen LogP contribution >= 0.6 is 0 Å². The van der Waals surface area contributed by atoms with Crippen molar-refractivity contribution in [1.82, 2.24) is 9.97 Å². The van der Waals surface area contributed by atoms with Crippen LogP contribution in [0.2, 0.25) is 0 Å². The molecule has 0 radical (unpaired) electrons. The van der Waals surface area contributed by atoms with Crippen molar-refractivity contribution >= 4 is 16.6 Å². The van der Waals surface area contributed by atoms with Gasteiger partial charge in [-0.25, -0.2) is 0 Å². The van der Waals surface area contributed by atoms with Crippen molar-refractivity contribution in [2.45, 2.75) is 53.4 Å². The first-order chi connectivity index (χ1) is 12.7. The molecule has 2 heterocycles. The molecule has 1 N–H and O–H groups in total. The molecule has 0 saturated heterocycles. The zero-order chi connectivity index (χ0) is 19.0. The summed E-state index contributed by atoms with van der Waals surface area (Å²) in [6.07, 6.45) is 3.41. The largest absolute Gasteiger partial charge is 0.357 e. The number of carbonyl (C=O) groups is 1. The van der Waals surface area contributed by atoms with Gasteiger partial charge in [0.1, 0.15) is 0 Å². The Kier molecular flexibility index (Phi) is 3.29. The summed E-state index contributed by atoms with van der Waals surface area (Å²) in [4.78, 5) is 22.0. The summed E-state index contributed by atoms with van der Waals surface area (Å²) in [5, 5.41) is 2.33. The Balaban J connectivity index is 1.89. The Morgan fingerprint density at radius 2 is 1.52 bits per heavy atom. The van der Waals surface area contributed by atoms with E-state index in [9.17, 15) is 4.79 Å². The Hall–Kier alpha value is -2.42. The molecule has 2 aromatic heterocycles. The third kappa shape index (κ3) is 2.55. The van der Waals surface area contributed by atoms with Crippen LogP contribution in [0.15, 0.2) is 30.3 Å². The molecule has 0 atom stereocenters. The van der Waals surface area contributed by atoms with E-state index in [1.807, 2.05) is 6.07 Å². The number of Topliss-reactive ketones (excluding diaryl/α,β-unsaturated/α-hetero) is 1. The van der Waals surface area contributed by atoms with Crippen LogP contribution in [0.4, 0.5) is 0 Å². The van der Waals surface area contributed by atoms with Gasteiger partial charge in [-0.05, 0) is 35.7 Å². The number of hydrogen-bond donors (Lipinski definition) is 1. The lowest BCUT2D eigenvalue weighted by molar-refractivity contribution is 0.0912. The maximum absolute atomic E-state index is 13.2. The van der Waals surface area contributed by atoms with E-state index in [4.69, 9.17) is 4.98 Å². The van der Waals surface area contributed by atoms with E-state index >= 15 is 0 Å². The number of aromatic nitrogens is 2. The first-order valence-corrected chi connectivity index (χ1v) is 9.89. The van der Waals surface area contributed by atoms with E-state index in [0.717, 1.165) is 47.2 Å². The molecule has 0 bridgehead atoms. The van der Waals surface area contributed by atoms with Crippen LogP contribution < -0.4 is 0 Å². The molecule has 0 spiro atoms. The summed E-state index contributed by atoms with van der Waals surface area (Å²) in [6.45, 7) is 8.97. The minimum Gasteiger partial charge on any atom is -0.357 e. The monoisotopic (exact) mass is 358 g/mol. The topological polar surface area (TPSA) is 45.8 Å². The van der Waals surface area contributed by atoms with Gasteiger partial charge < -0.3 is 4.98 Å². The molecule has 0 fully saturated rings. The summed E-state index contributed by atoms with van der Waals surface area (Å²) in [6, 6.07) is 10.4. The predicted molar refractivity (Wildman–Crippen MR) is 109 cm³/mol. The second kappa shape index (κ2) is 5.31. The first-order valence-electron chi connectivity index (χ1n) is 9.89. The Bertz CT molecular complexity index is 1090. The number of pyridine rings is 1. The van der Waals surface area contributed by atoms with Gasteiger partial charge in [-0.3, -0.25) is 9.78 Å². The average Bonchev–Trinajstić information content (AvgIpc) is 2.92. The lowest BCUT2D eigenvalue weighted by Gasteiger charge is -2.33. The van der Waals surface area contributed by atoms with Gasteiger partial charge in [0.2, 0.25) is 0 Å². The van der Waals surface area contributed by atoms with Gasteiger partial charge in [0.15, 0.2) is 5.78 Å². The van der Waals surface area contributed by atoms with E-state index in [1.54, 1.807) is 0 Å². The van der Waals surface area contributed by atoms with Gasteiger partial charge in [-0.2, -0.15) is 0 Å². The van der Waals surface area contributed by atoms with Crippen LogP contribution in [0.3, 0.4) is 0 Å². The Morgan fingerprint density at radius 1 is 0.852 bits per heavy atom. The number of carbonyl (C=O) groups excluding carboxylic acids is 1. The number of benzene rings is 1. The molecule has 2 aliphatic rings. The number of H-pyrrole nitrogens is 1. The van der Waals surface area contributed by atoms with Crippen molar-refractivity contribution in [1.29, 1.82) is 0 Å². The van der Waals surface area contributed by atoms with Gasteiger partial charge in [-0.15, -0.1) is 0 Å². The second-order valence-electron chi connectivity index (χ2n) is 9.93. The van der Waals surface area contributed by atoms with Gasteiger partial charge in [-0.1, -0.05) is 58.0 Å². The van der Waals surface area contributed by atoms with E-state index in [0.29, 0.717) is 6.42 Å². The second-order valence-corrected chi connectivity index (χ2v) is 9.93. The SMILES string of the molecule is CC1(C)CC(=O)c2c(nc3c4c([nH]c(-c5ccccc5)c24)CC(C)(C)C3)C1. The highest BCUT2D eigenvalue weighted by Crippen LogP contribution is 2.46. The molecule has 138 valence electrons. The molecule has 1 aromatic carbocycles. The van der Waals surface area contributed by atoms with Crippen LogP contribution in [0.5, 0.6) is 0 Å². The standard InChI is InChI=1S/C24H26N2O/c1-23(2)10-15-19-16(11-23)26-22(14-8-6-5-7-9-14)21(19)20-17(25-15)12-24(3,4)13-18(20)27/h5-9,26H,10-13H2,1-4H3. The summed E-state index contributed by atoms with van der Waals surface area (Å²) in [5.41, 5.74) is 6.66. The van der Waals surface area contributed by atoms with Gasteiger partial charge in [0.05, 0.1) is 17.1 Å². The fourth-order valence-electron chi connectivity index (χ4n) is 5.08. The summed E-state index contributed by atoms with van der Waals surface area (Å²) in [5.74, 6) is 0.243. The lowest BCUT2D eigenvalue weighted by Crippen LogP contribution is -2.30. The van der Waals surface area contributed by atoms with Crippen molar-refractivity contribution in [3.05, 3.63) is 53.0 Å². The summed E-state index contributed by atoms with van der Waals surface area (Å²) < 4.78 is 0. The fraction of sp³-hybridized carbons (Fsp3) is 0.417. The highest BCUT2D eigenvalue weighted by atomic mass is 16.1. The molecule has 0 amide bonds. The normalized spacial score (nSPS) is 19.9. The smallest absolute Gasteiger partial charge is 0.165 e. The van der Waals surface area contributed by atoms with Crippen LogP contribution in [-0.4, -0.2) is 15.8 Å². The van der Waals surface area contributed by atoms with Crippen LogP contribution in [0, 0.1) is 10.8 Å². The molecule has 3 aromatic rings. The van der Waals surface area contributed by atoms with E-state index in [1.165, 1.54) is 16.8 Å². The zero-order valence-corrected chi connectivity index (χ0v) is 16.6. The third-order valence-electron chi connectivity index (χ3n) is 6.10. The van der Waals surface area contributed by atoms with Crippen LogP contribution in [0.25, 0.3) is 22.0 Å². The molecule has 27 heavy (non-hydrogen) atoms. The number of hydrogen-bond acceptors (Lipinski definition) is 2. The maximum Gasteiger partial charge on any atom is 0.165 e. The number of fused-ring (bicyclic) bond motifs is 2. The molecule has 2 aliphatic carbocycles. The van der Waals surface area contributed by atoms with E-state index < -0.39 is 0 Å². The molecule has 3 nitrogen and oxygen atoms in total. The minimum absolute atomic E-state index is 0.0201. The number of rotatable bonds is 1. The molecular weight excluding hydrogens is 332 g/mol. The highest BCUT2D eigenvalue weighted by molar-refractivity contribution is 6.15. The van der Waals surface area contributed by atoms with Crippen molar-refractivity contribution in [3.63, 3.8) is 0 Å². The van der Waals surface area contributed by atoms with Crippen molar-refractivity contribution in [2.75, 3.05) is 0 Å². The number of ketones is 1. The van der Waals surface area contributed by atoms with E-state index in [-0.39, 0.29) is 16.6 Å². The molecule has 3 heteroatoms. The fourth-order valence-corrected chi connectivity index (χ4v) is 5.08.